The molecule has 3 aromatic rings. The fourth-order valence-corrected chi connectivity index (χ4v) is 5.81. The molecule has 1 atom stereocenters. The molecule has 1 aliphatic carbocycles. The lowest BCUT2D eigenvalue weighted by molar-refractivity contribution is -0.123. The van der Waals surface area contributed by atoms with Crippen molar-refractivity contribution in [2.45, 2.75) is 65.9 Å². The van der Waals surface area contributed by atoms with Crippen LogP contribution in [0.5, 0.6) is 0 Å². The van der Waals surface area contributed by atoms with Crippen LogP contribution in [0.15, 0.2) is 24.3 Å². The van der Waals surface area contributed by atoms with Gasteiger partial charge in [0.1, 0.15) is 5.00 Å². The van der Waals surface area contributed by atoms with E-state index < -0.39 is 23.9 Å². The molecule has 0 saturated carbocycles. The van der Waals surface area contributed by atoms with Gasteiger partial charge in [0.25, 0.3) is 5.91 Å². The number of amides is 1. The summed E-state index contributed by atoms with van der Waals surface area (Å²) in [5.74, 6) is -1.50. The highest BCUT2D eigenvalue weighted by Crippen LogP contribution is 2.38. The second kappa shape index (κ2) is 10.6. The van der Waals surface area contributed by atoms with Crippen LogP contribution in [0, 0.1) is 6.92 Å². The van der Waals surface area contributed by atoms with Gasteiger partial charge in [-0.25, -0.2) is 9.59 Å². The lowest BCUT2D eigenvalue weighted by Crippen LogP contribution is -2.30. The molecular formula is C27H30N2O5S. The van der Waals surface area contributed by atoms with E-state index in [-0.39, 0.29) is 6.61 Å². The molecule has 2 aromatic heterocycles. The number of hydrogen-bond donors (Lipinski definition) is 1. The van der Waals surface area contributed by atoms with Crippen molar-refractivity contribution in [3.63, 3.8) is 0 Å². The topological polar surface area (TPSA) is 94.6 Å². The number of hydrogen-bond acceptors (Lipinski definition) is 7. The number of thiophene rings is 1. The molecule has 2 heterocycles. The van der Waals surface area contributed by atoms with Gasteiger partial charge in [-0.05, 0) is 70.1 Å². The van der Waals surface area contributed by atoms with E-state index in [1.54, 1.807) is 6.92 Å². The Morgan fingerprint density at radius 2 is 1.83 bits per heavy atom. The van der Waals surface area contributed by atoms with E-state index in [9.17, 15) is 14.4 Å². The second-order valence-corrected chi connectivity index (χ2v) is 9.71. The fourth-order valence-electron chi connectivity index (χ4n) is 4.53. The smallest absolute Gasteiger partial charge is 0.341 e. The number of aryl methyl sites for hydroxylation is 2. The van der Waals surface area contributed by atoms with Crippen molar-refractivity contribution in [2.24, 2.45) is 0 Å². The van der Waals surface area contributed by atoms with Gasteiger partial charge in [0.15, 0.2) is 6.10 Å². The van der Waals surface area contributed by atoms with Crippen molar-refractivity contribution in [2.75, 3.05) is 11.9 Å². The van der Waals surface area contributed by atoms with Crippen LogP contribution in [-0.4, -0.2) is 35.5 Å². The average Bonchev–Trinajstić information content (AvgIpc) is 3.21. The van der Waals surface area contributed by atoms with Gasteiger partial charge in [0, 0.05) is 16.0 Å². The molecule has 0 aliphatic heterocycles. The largest absolute Gasteiger partial charge is 0.462 e. The third-order valence-corrected chi connectivity index (χ3v) is 7.52. The van der Waals surface area contributed by atoms with Crippen LogP contribution in [0.2, 0.25) is 0 Å². The molecule has 0 fully saturated rings. The number of carbonyl (C=O) groups is 3. The summed E-state index contributed by atoms with van der Waals surface area (Å²) < 4.78 is 10.9. The highest BCUT2D eigenvalue weighted by Gasteiger charge is 2.29. The summed E-state index contributed by atoms with van der Waals surface area (Å²) in [7, 11) is 0. The first-order chi connectivity index (χ1) is 16.8. The number of nitrogens with zero attached hydrogens (tertiary/aromatic N) is 1. The number of aromatic nitrogens is 1. The Morgan fingerprint density at radius 1 is 1.09 bits per heavy atom. The minimum atomic E-state index is -1.06. The lowest BCUT2D eigenvalue weighted by atomic mass is 9.95. The minimum Gasteiger partial charge on any atom is -0.462 e. The average molecular weight is 495 g/mol. The molecular weight excluding hydrogens is 464 g/mol. The third-order valence-electron chi connectivity index (χ3n) is 6.32. The molecule has 35 heavy (non-hydrogen) atoms. The van der Waals surface area contributed by atoms with E-state index in [2.05, 4.69) is 10.3 Å². The zero-order chi connectivity index (χ0) is 25.1. The van der Waals surface area contributed by atoms with Crippen LogP contribution in [0.3, 0.4) is 0 Å². The van der Waals surface area contributed by atoms with E-state index >= 15 is 0 Å². The molecule has 1 unspecified atom stereocenters. The normalized spacial score (nSPS) is 13.7. The van der Waals surface area contributed by atoms with Gasteiger partial charge < -0.3 is 14.8 Å². The zero-order valence-electron chi connectivity index (χ0n) is 20.5. The highest BCUT2D eigenvalue weighted by atomic mass is 32.1. The van der Waals surface area contributed by atoms with E-state index in [0.717, 1.165) is 47.4 Å². The van der Waals surface area contributed by atoms with Crippen LogP contribution >= 0.6 is 11.3 Å². The van der Waals surface area contributed by atoms with Gasteiger partial charge in [0.05, 0.1) is 23.3 Å². The quantitative estimate of drug-likeness (QED) is 0.442. The first-order valence-electron chi connectivity index (χ1n) is 12.1. The Labute approximate surface area is 208 Å². The van der Waals surface area contributed by atoms with Crippen molar-refractivity contribution in [1.29, 1.82) is 0 Å². The van der Waals surface area contributed by atoms with Gasteiger partial charge in [-0.3, -0.25) is 9.78 Å². The van der Waals surface area contributed by atoms with Gasteiger partial charge in [-0.2, -0.15) is 0 Å². The molecule has 1 aromatic carbocycles. The standard InChI is InChI=1S/C27H30N2O5S/c1-5-19-15(3)22(17-11-7-9-13-20(17)28-19)27(32)34-16(4)24(30)29-25-23(26(31)33-6-2)18-12-8-10-14-21(18)35-25/h7,9,11,13,16H,5-6,8,10,12,14H2,1-4H3,(H,29,30). The number of nitrogens with one attached hydrogen (secondary N) is 1. The molecule has 1 aliphatic rings. The monoisotopic (exact) mass is 494 g/mol. The first kappa shape index (κ1) is 24.9. The summed E-state index contributed by atoms with van der Waals surface area (Å²) in [5.41, 5.74) is 4.09. The number of anilines is 1. The Bertz CT molecular complexity index is 1300. The number of carbonyl (C=O) groups excluding carboxylic acids is 3. The van der Waals surface area contributed by atoms with Crippen LogP contribution in [0.4, 0.5) is 5.00 Å². The zero-order valence-corrected chi connectivity index (χ0v) is 21.3. The molecule has 0 spiro atoms. The van der Waals surface area contributed by atoms with Crippen LogP contribution < -0.4 is 5.32 Å². The van der Waals surface area contributed by atoms with Crippen molar-refractivity contribution in [3.05, 3.63) is 57.1 Å². The SMILES string of the molecule is CCOC(=O)c1c(NC(=O)C(C)OC(=O)c2c(C)c(CC)nc3ccccc23)sc2c1CCCC2. The van der Waals surface area contributed by atoms with Gasteiger partial charge in [-0.1, -0.05) is 25.1 Å². The Balaban J connectivity index is 1.58. The molecule has 0 saturated heterocycles. The molecule has 1 N–H and O–H groups in total. The summed E-state index contributed by atoms with van der Waals surface area (Å²) in [6.45, 7) is 7.37. The Morgan fingerprint density at radius 3 is 2.57 bits per heavy atom. The molecule has 0 bridgehead atoms. The number of benzene rings is 1. The summed E-state index contributed by atoms with van der Waals surface area (Å²) >= 11 is 1.40. The van der Waals surface area contributed by atoms with E-state index in [0.29, 0.717) is 33.5 Å². The maximum Gasteiger partial charge on any atom is 0.341 e. The number of pyridine rings is 1. The van der Waals surface area contributed by atoms with Crippen LogP contribution in [-0.2, 0) is 33.5 Å². The number of para-hydroxylation sites is 1. The number of ether oxygens (including phenoxy) is 2. The Kier molecular flexibility index (Phi) is 7.50. The molecule has 0 radical (unpaired) electrons. The summed E-state index contributed by atoms with van der Waals surface area (Å²) in [4.78, 5) is 44.7. The van der Waals surface area contributed by atoms with Crippen molar-refractivity contribution in [3.8, 4) is 0 Å². The molecule has 4 rings (SSSR count). The molecule has 184 valence electrons. The predicted molar refractivity (Wildman–Crippen MR) is 136 cm³/mol. The predicted octanol–water partition coefficient (Wildman–Crippen LogP) is 5.41. The highest BCUT2D eigenvalue weighted by molar-refractivity contribution is 7.17. The van der Waals surface area contributed by atoms with Crippen LogP contribution in [0.1, 0.15) is 76.0 Å². The Hall–Kier alpha value is -3.26. The van der Waals surface area contributed by atoms with Gasteiger partial charge in [-0.15, -0.1) is 11.3 Å². The molecule has 7 nitrogen and oxygen atoms in total. The first-order valence-corrected chi connectivity index (χ1v) is 12.9. The summed E-state index contributed by atoms with van der Waals surface area (Å²) in [5, 5.41) is 3.98. The third kappa shape index (κ3) is 4.93. The molecule has 8 heteroatoms. The fraction of sp³-hybridized carbons (Fsp3) is 0.407. The van der Waals surface area contributed by atoms with E-state index in [4.69, 9.17) is 9.47 Å². The lowest BCUT2D eigenvalue weighted by Gasteiger charge is -2.17. The molecule has 1 amide bonds. The summed E-state index contributed by atoms with van der Waals surface area (Å²) in [6.07, 6.45) is 3.32. The van der Waals surface area contributed by atoms with Crippen molar-refractivity contribution >= 4 is 45.1 Å². The number of rotatable bonds is 7. The number of esters is 2. The van der Waals surface area contributed by atoms with Gasteiger partial charge in [0.2, 0.25) is 0 Å². The second-order valence-electron chi connectivity index (χ2n) is 8.60. The maximum absolute atomic E-state index is 13.2. The number of fused-ring (bicyclic) bond motifs is 2. The van der Waals surface area contributed by atoms with Crippen molar-refractivity contribution < 1.29 is 23.9 Å². The van der Waals surface area contributed by atoms with Gasteiger partial charge >= 0.3 is 11.9 Å². The van der Waals surface area contributed by atoms with Crippen LogP contribution in [0.25, 0.3) is 10.9 Å². The van der Waals surface area contributed by atoms with Crippen molar-refractivity contribution in [1.82, 2.24) is 4.98 Å². The van der Waals surface area contributed by atoms with E-state index in [1.165, 1.54) is 18.3 Å². The van der Waals surface area contributed by atoms with E-state index in [1.807, 2.05) is 38.1 Å². The maximum atomic E-state index is 13.2. The minimum absolute atomic E-state index is 0.254. The summed E-state index contributed by atoms with van der Waals surface area (Å²) in [6, 6.07) is 7.41.